The number of benzene rings is 1. The third-order valence-corrected chi connectivity index (χ3v) is 3.19. The molecule has 0 aliphatic heterocycles. The number of para-hydroxylation sites is 1. The van der Waals surface area contributed by atoms with Gasteiger partial charge in [-0.3, -0.25) is 4.98 Å². The van der Waals surface area contributed by atoms with Crippen LogP contribution in [0.5, 0.6) is 0 Å². The van der Waals surface area contributed by atoms with E-state index in [4.69, 9.17) is 0 Å². The molecule has 4 nitrogen and oxygen atoms in total. The van der Waals surface area contributed by atoms with Crippen LogP contribution in [0.3, 0.4) is 0 Å². The zero-order valence-corrected chi connectivity index (χ0v) is 11.0. The van der Waals surface area contributed by atoms with Gasteiger partial charge in [0.2, 0.25) is 0 Å². The topological polar surface area (TPSA) is 76.3 Å². The first kappa shape index (κ1) is 12.7. The van der Waals surface area contributed by atoms with Gasteiger partial charge in [-0.15, -0.1) is 0 Å². The largest absolute Gasteiger partial charge is 0.354 e. The summed E-state index contributed by atoms with van der Waals surface area (Å²) in [6.45, 7) is 0. The van der Waals surface area contributed by atoms with E-state index in [0.717, 1.165) is 10.9 Å². The van der Waals surface area contributed by atoms with E-state index >= 15 is 0 Å². The number of nitriles is 2. The van der Waals surface area contributed by atoms with Crippen LogP contribution >= 0.6 is 0 Å². The number of nitrogens with zero attached hydrogens (tertiary/aromatic N) is 3. The lowest BCUT2D eigenvalue weighted by molar-refractivity contribution is 1.25. The van der Waals surface area contributed by atoms with Gasteiger partial charge in [-0.25, -0.2) is 0 Å². The van der Waals surface area contributed by atoms with Crippen molar-refractivity contribution in [3.63, 3.8) is 0 Å². The Bertz CT molecular complexity index is 856. The molecule has 0 spiro atoms. The van der Waals surface area contributed by atoms with Crippen molar-refractivity contribution in [2.24, 2.45) is 0 Å². The van der Waals surface area contributed by atoms with Crippen molar-refractivity contribution >= 4 is 16.5 Å². The Hall–Kier alpha value is -3.37. The van der Waals surface area contributed by atoms with Gasteiger partial charge in [0.05, 0.1) is 17.0 Å². The van der Waals surface area contributed by atoms with E-state index in [2.05, 4.69) is 9.97 Å². The van der Waals surface area contributed by atoms with Gasteiger partial charge in [0.15, 0.2) is 0 Å². The Morgan fingerprint density at radius 3 is 2.43 bits per heavy atom. The fraction of sp³-hybridized carbons (Fsp3) is 0. The molecule has 0 atom stereocenters. The molecule has 4 heteroatoms. The SMILES string of the molecule is N#CC(C#N)=C(c1ccccn1)c1cc2ccccc2[nH]1. The molecule has 3 aromatic rings. The van der Waals surface area contributed by atoms with Gasteiger partial charge in [0, 0.05) is 17.1 Å². The molecule has 0 aliphatic carbocycles. The van der Waals surface area contributed by atoms with Crippen molar-refractivity contribution in [1.82, 2.24) is 9.97 Å². The van der Waals surface area contributed by atoms with Crippen LogP contribution in [0.25, 0.3) is 16.5 Å². The number of hydrogen-bond donors (Lipinski definition) is 1. The van der Waals surface area contributed by atoms with E-state index in [-0.39, 0.29) is 5.57 Å². The molecule has 0 aliphatic rings. The molecule has 0 amide bonds. The van der Waals surface area contributed by atoms with E-state index in [9.17, 15) is 10.5 Å². The first-order valence-corrected chi connectivity index (χ1v) is 6.37. The maximum absolute atomic E-state index is 9.22. The zero-order valence-electron chi connectivity index (χ0n) is 11.0. The van der Waals surface area contributed by atoms with Crippen molar-refractivity contribution in [2.45, 2.75) is 0 Å². The molecular weight excluding hydrogens is 260 g/mol. The fourth-order valence-corrected chi connectivity index (χ4v) is 2.26. The lowest BCUT2D eigenvalue weighted by Crippen LogP contribution is -1.95. The van der Waals surface area contributed by atoms with Crippen molar-refractivity contribution in [3.8, 4) is 12.1 Å². The quantitative estimate of drug-likeness (QED) is 0.725. The Labute approximate surface area is 121 Å². The second kappa shape index (κ2) is 5.32. The van der Waals surface area contributed by atoms with Crippen LogP contribution in [0.15, 0.2) is 60.3 Å². The van der Waals surface area contributed by atoms with Gasteiger partial charge in [-0.2, -0.15) is 10.5 Å². The second-order valence-corrected chi connectivity index (χ2v) is 4.46. The highest BCUT2D eigenvalue weighted by Crippen LogP contribution is 2.27. The summed E-state index contributed by atoms with van der Waals surface area (Å²) in [4.78, 5) is 7.51. The molecule has 0 saturated heterocycles. The maximum atomic E-state index is 9.22. The number of pyridine rings is 1. The molecule has 0 fully saturated rings. The number of aromatic amines is 1. The fourth-order valence-electron chi connectivity index (χ4n) is 2.26. The molecular formula is C17H10N4. The van der Waals surface area contributed by atoms with Crippen LogP contribution in [0.2, 0.25) is 0 Å². The minimum Gasteiger partial charge on any atom is -0.354 e. The standard InChI is InChI=1S/C17H10N4/c18-10-13(11-19)17(15-7-3-4-8-20-15)16-9-12-5-1-2-6-14(12)21-16/h1-9,21H. The van der Waals surface area contributed by atoms with E-state index in [1.807, 2.05) is 48.5 Å². The smallest absolute Gasteiger partial charge is 0.141 e. The van der Waals surface area contributed by atoms with Crippen LogP contribution in [0, 0.1) is 22.7 Å². The molecule has 1 N–H and O–H groups in total. The van der Waals surface area contributed by atoms with Crippen LogP contribution in [0.4, 0.5) is 0 Å². The first-order valence-electron chi connectivity index (χ1n) is 6.37. The summed E-state index contributed by atoms with van der Waals surface area (Å²) in [5, 5.41) is 19.5. The molecule has 3 rings (SSSR count). The number of hydrogen-bond acceptors (Lipinski definition) is 3. The van der Waals surface area contributed by atoms with Gasteiger partial charge in [0.25, 0.3) is 0 Å². The van der Waals surface area contributed by atoms with Gasteiger partial charge in [-0.05, 0) is 24.3 Å². The number of allylic oxidation sites excluding steroid dienone is 1. The Morgan fingerprint density at radius 1 is 1.00 bits per heavy atom. The molecule has 0 saturated carbocycles. The predicted molar refractivity (Wildman–Crippen MR) is 79.8 cm³/mol. The summed E-state index contributed by atoms with van der Waals surface area (Å²) in [5.74, 6) is 0. The maximum Gasteiger partial charge on any atom is 0.141 e. The van der Waals surface area contributed by atoms with Gasteiger partial charge in [0.1, 0.15) is 17.7 Å². The highest BCUT2D eigenvalue weighted by atomic mass is 14.7. The van der Waals surface area contributed by atoms with E-state index in [1.54, 1.807) is 18.3 Å². The second-order valence-electron chi connectivity index (χ2n) is 4.46. The molecule has 0 unspecified atom stereocenters. The van der Waals surface area contributed by atoms with Crippen LogP contribution in [0.1, 0.15) is 11.4 Å². The van der Waals surface area contributed by atoms with Crippen molar-refractivity contribution in [1.29, 1.82) is 10.5 Å². The minimum absolute atomic E-state index is 0.0419. The average molecular weight is 270 g/mol. The van der Waals surface area contributed by atoms with Crippen LogP contribution < -0.4 is 0 Å². The number of H-pyrrole nitrogens is 1. The molecule has 2 aromatic heterocycles. The Balaban J connectivity index is 2.29. The molecule has 0 bridgehead atoms. The number of rotatable bonds is 2. The van der Waals surface area contributed by atoms with Crippen LogP contribution in [-0.4, -0.2) is 9.97 Å². The minimum atomic E-state index is 0.0419. The lowest BCUT2D eigenvalue weighted by atomic mass is 10.0. The summed E-state index contributed by atoms with van der Waals surface area (Å²) < 4.78 is 0. The summed E-state index contributed by atoms with van der Waals surface area (Å²) in [7, 11) is 0. The third kappa shape index (κ3) is 2.27. The first-order chi connectivity index (χ1) is 10.3. The summed E-state index contributed by atoms with van der Waals surface area (Å²) in [6, 6.07) is 19.0. The Morgan fingerprint density at radius 2 is 1.76 bits per heavy atom. The van der Waals surface area contributed by atoms with Gasteiger partial charge >= 0.3 is 0 Å². The number of aromatic nitrogens is 2. The number of fused-ring (bicyclic) bond motifs is 1. The molecule has 98 valence electrons. The predicted octanol–water partition coefficient (Wildman–Crippen LogP) is 3.41. The highest BCUT2D eigenvalue weighted by Gasteiger charge is 2.15. The number of nitrogens with one attached hydrogen (secondary N) is 1. The highest BCUT2D eigenvalue weighted by molar-refractivity contribution is 5.90. The Kier molecular flexibility index (Phi) is 3.21. The van der Waals surface area contributed by atoms with E-state index in [0.29, 0.717) is 17.0 Å². The molecule has 1 aromatic carbocycles. The lowest BCUT2D eigenvalue weighted by Gasteiger charge is -2.04. The van der Waals surface area contributed by atoms with Crippen molar-refractivity contribution < 1.29 is 0 Å². The third-order valence-electron chi connectivity index (χ3n) is 3.19. The zero-order chi connectivity index (χ0) is 14.7. The van der Waals surface area contributed by atoms with Crippen molar-refractivity contribution in [2.75, 3.05) is 0 Å². The summed E-state index contributed by atoms with van der Waals surface area (Å²) >= 11 is 0. The summed E-state index contributed by atoms with van der Waals surface area (Å²) in [5.41, 5.74) is 2.84. The monoisotopic (exact) mass is 270 g/mol. The average Bonchev–Trinajstić information content (AvgIpc) is 2.96. The molecule has 0 radical (unpaired) electrons. The van der Waals surface area contributed by atoms with Gasteiger partial charge in [-0.1, -0.05) is 24.3 Å². The van der Waals surface area contributed by atoms with Gasteiger partial charge < -0.3 is 4.98 Å². The molecule has 21 heavy (non-hydrogen) atoms. The normalized spacial score (nSPS) is 9.81. The van der Waals surface area contributed by atoms with Crippen LogP contribution in [-0.2, 0) is 0 Å². The van der Waals surface area contributed by atoms with E-state index in [1.165, 1.54) is 0 Å². The van der Waals surface area contributed by atoms with Crippen molar-refractivity contribution in [3.05, 3.63) is 71.7 Å². The molecule has 2 heterocycles. The summed E-state index contributed by atoms with van der Waals surface area (Å²) in [6.07, 6.45) is 1.64. The van der Waals surface area contributed by atoms with E-state index < -0.39 is 0 Å².